The van der Waals surface area contributed by atoms with Crippen LogP contribution in [0.4, 0.5) is 0 Å². The zero-order valence-corrected chi connectivity index (χ0v) is 35.1. The Morgan fingerprint density at radius 3 is 1.21 bits per heavy atom. The number of para-hydroxylation sites is 3. The number of nitrogens with zero attached hydrogens (tertiary/aromatic N) is 2. The molecule has 8 aromatic carbocycles. The van der Waals surface area contributed by atoms with Crippen LogP contribution in [0, 0.1) is 0 Å². The van der Waals surface area contributed by atoms with E-state index in [-0.39, 0.29) is 115 Å². The molecule has 0 aliphatic heterocycles. The lowest BCUT2D eigenvalue weighted by Gasteiger charge is -2.30. The minimum Gasteiger partial charge on any atom is -0.457 e. The molecule has 0 amide bonds. The summed E-state index contributed by atoms with van der Waals surface area (Å²) >= 11 is 0. The standard InChI is InChI=1S/C48H15B15N2O/c49-31-25(26-33(51)39(57)42(60)40(58)34(26)52)32(50)38(56)35(53)27(31)28-36(54)44(62)48-30(29-37(55)41(59)43(61)45(63)47(29)66-48)46(28)65-23-12-6-3-9-19(23)20-15-16(13-14-24(20)65)64-21-10-4-1-7-17(21)18-8-2-5-11-22(18)64/h1-15H. The van der Waals surface area contributed by atoms with Gasteiger partial charge in [0.2, 0.25) is 0 Å². The fraction of sp³-hybridized carbons (Fsp3) is 0. The highest BCUT2D eigenvalue weighted by atomic mass is 16.3. The predicted molar refractivity (Wildman–Crippen MR) is 294 cm³/mol. The van der Waals surface area contributed by atoms with Crippen molar-refractivity contribution in [2.75, 3.05) is 0 Å². The van der Waals surface area contributed by atoms with E-state index in [1.807, 2.05) is 59.2 Å². The molecule has 0 bridgehead atoms. The van der Waals surface area contributed by atoms with Crippen molar-refractivity contribution < 1.29 is 4.42 Å². The first-order valence-electron chi connectivity index (χ1n) is 20.6. The lowest BCUT2D eigenvalue weighted by molar-refractivity contribution is 0.674. The minimum absolute atomic E-state index is 0.00623. The van der Waals surface area contributed by atoms with Gasteiger partial charge in [-0.3, -0.25) is 0 Å². The van der Waals surface area contributed by atoms with Gasteiger partial charge in [-0.2, -0.15) is 0 Å². The van der Waals surface area contributed by atoms with Crippen molar-refractivity contribution in [3.8, 4) is 33.6 Å². The van der Waals surface area contributed by atoms with Crippen LogP contribution in [0.5, 0.6) is 0 Å². The minimum atomic E-state index is -0.0816. The molecule has 268 valence electrons. The Labute approximate surface area is 401 Å². The molecule has 30 radical (unpaired) electrons. The van der Waals surface area contributed by atoms with E-state index in [9.17, 15) is 0 Å². The van der Waals surface area contributed by atoms with Crippen molar-refractivity contribution in [3.05, 3.63) is 91.0 Å². The first-order chi connectivity index (χ1) is 31.6. The molecule has 18 heteroatoms. The maximum atomic E-state index is 7.30. The van der Waals surface area contributed by atoms with Gasteiger partial charge >= 0.3 is 0 Å². The van der Waals surface area contributed by atoms with Crippen LogP contribution in [0.1, 0.15) is 0 Å². The van der Waals surface area contributed by atoms with E-state index in [0.29, 0.717) is 16.5 Å². The molecule has 11 rings (SSSR count). The van der Waals surface area contributed by atoms with Crippen molar-refractivity contribution in [1.82, 2.24) is 9.13 Å². The number of fused-ring (bicyclic) bond motifs is 9. The lowest BCUT2D eigenvalue weighted by atomic mass is 9.55. The summed E-state index contributed by atoms with van der Waals surface area (Å²) in [5, 5.41) is 4.64. The summed E-state index contributed by atoms with van der Waals surface area (Å²) < 4.78 is 10.8. The average molecular weight is 798 g/mol. The maximum absolute atomic E-state index is 7.30. The third kappa shape index (κ3) is 5.60. The molecule has 0 N–H and O–H groups in total. The van der Waals surface area contributed by atoms with Crippen LogP contribution in [-0.2, 0) is 0 Å². The summed E-state index contributed by atoms with van der Waals surface area (Å²) in [5.41, 5.74) is 5.29. The molecule has 3 nitrogen and oxygen atoms in total. The van der Waals surface area contributed by atoms with Gasteiger partial charge < -0.3 is 13.6 Å². The maximum Gasteiger partial charge on any atom is 0.129 e. The molecular weight excluding hydrogens is 783 g/mol. The van der Waals surface area contributed by atoms with Crippen molar-refractivity contribution in [2.24, 2.45) is 0 Å². The summed E-state index contributed by atoms with van der Waals surface area (Å²) in [7, 11) is 101. The Hall–Kier alpha value is -5.87. The van der Waals surface area contributed by atoms with E-state index in [1.165, 1.54) is 0 Å². The van der Waals surface area contributed by atoms with Crippen LogP contribution < -0.4 is 81.9 Å². The average Bonchev–Trinajstić information content (AvgIpc) is 3.99. The van der Waals surface area contributed by atoms with Crippen molar-refractivity contribution in [3.63, 3.8) is 0 Å². The second-order valence-corrected chi connectivity index (χ2v) is 16.5. The number of hydrogen-bond donors (Lipinski definition) is 0. The molecule has 0 atom stereocenters. The van der Waals surface area contributed by atoms with Crippen molar-refractivity contribution in [1.29, 1.82) is 0 Å². The Kier molecular flexibility index (Phi) is 9.77. The van der Waals surface area contributed by atoms with Gasteiger partial charge in [0.1, 0.15) is 129 Å². The van der Waals surface area contributed by atoms with Crippen LogP contribution in [0.2, 0.25) is 0 Å². The predicted octanol–water partition coefficient (Wildman–Crippen LogP) is -4.98. The Bertz CT molecular complexity index is 3940. The third-order valence-electron chi connectivity index (χ3n) is 13.1. The van der Waals surface area contributed by atoms with Crippen LogP contribution in [0.25, 0.3) is 99.2 Å². The highest BCUT2D eigenvalue weighted by molar-refractivity contribution is 6.72. The summed E-state index contributed by atoms with van der Waals surface area (Å²) in [6.07, 6.45) is 0. The van der Waals surface area contributed by atoms with Gasteiger partial charge in [-0.15, -0.1) is 32.8 Å². The second kappa shape index (κ2) is 15.1. The molecular formula is C48H15B15N2O. The number of aromatic nitrogens is 2. The quantitative estimate of drug-likeness (QED) is 0.164. The molecule has 0 aliphatic rings. The number of hydrogen-bond acceptors (Lipinski definition) is 1. The molecule has 0 fully saturated rings. The first-order valence-corrected chi connectivity index (χ1v) is 20.6. The van der Waals surface area contributed by atoms with E-state index in [4.69, 9.17) is 122 Å². The van der Waals surface area contributed by atoms with E-state index >= 15 is 0 Å². The normalized spacial score (nSPS) is 11.9. The Morgan fingerprint density at radius 1 is 0.288 bits per heavy atom. The number of rotatable bonds is 4. The zero-order chi connectivity index (χ0) is 46.5. The summed E-state index contributed by atoms with van der Waals surface area (Å²) in [6.45, 7) is 0. The third-order valence-corrected chi connectivity index (χ3v) is 13.1. The monoisotopic (exact) mass is 800 g/mol. The smallest absolute Gasteiger partial charge is 0.129 e. The van der Waals surface area contributed by atoms with Gasteiger partial charge in [-0.05, 0) is 58.7 Å². The molecule has 11 aromatic rings. The van der Waals surface area contributed by atoms with Gasteiger partial charge in [-0.1, -0.05) is 104 Å². The molecule has 66 heavy (non-hydrogen) atoms. The van der Waals surface area contributed by atoms with Gasteiger partial charge in [0.15, 0.2) is 0 Å². The number of benzene rings is 8. The summed E-state index contributed by atoms with van der Waals surface area (Å²) in [5.74, 6) is 0. The molecule has 3 heterocycles. The molecule has 0 unspecified atom stereocenters. The molecule has 0 saturated heterocycles. The topological polar surface area (TPSA) is 23.0 Å². The largest absolute Gasteiger partial charge is 0.457 e. The van der Waals surface area contributed by atoms with Crippen LogP contribution in [-0.4, -0.2) is 127 Å². The molecule has 0 saturated carbocycles. The highest BCUT2D eigenvalue weighted by Gasteiger charge is 2.30. The lowest BCUT2D eigenvalue weighted by Crippen LogP contribution is -2.57. The Morgan fingerprint density at radius 2 is 0.652 bits per heavy atom. The molecule has 0 spiro atoms. The van der Waals surface area contributed by atoms with Crippen LogP contribution >= 0.6 is 0 Å². The molecule has 3 aromatic heterocycles. The van der Waals surface area contributed by atoms with Crippen LogP contribution in [0.15, 0.2) is 95.4 Å². The van der Waals surface area contributed by atoms with E-state index in [2.05, 4.69) is 41.0 Å². The van der Waals surface area contributed by atoms with Gasteiger partial charge in [0.25, 0.3) is 0 Å². The highest BCUT2D eigenvalue weighted by Crippen LogP contribution is 2.42. The van der Waals surface area contributed by atoms with E-state index in [1.54, 1.807) is 0 Å². The summed E-state index contributed by atoms with van der Waals surface area (Å²) in [6, 6.07) is 30.7. The fourth-order valence-corrected chi connectivity index (χ4v) is 9.86. The molecule has 0 aliphatic carbocycles. The van der Waals surface area contributed by atoms with Crippen molar-refractivity contribution >= 4 is 265 Å². The Balaban J connectivity index is 1.35. The number of furan rings is 1. The van der Waals surface area contributed by atoms with Gasteiger partial charge in [0, 0.05) is 32.6 Å². The van der Waals surface area contributed by atoms with E-state index < -0.39 is 0 Å². The van der Waals surface area contributed by atoms with E-state index in [0.717, 1.165) is 49.3 Å². The fourth-order valence-electron chi connectivity index (χ4n) is 9.86. The second-order valence-electron chi connectivity index (χ2n) is 16.5. The summed E-state index contributed by atoms with van der Waals surface area (Å²) in [4.78, 5) is 0. The first kappa shape index (κ1) is 42.8. The van der Waals surface area contributed by atoms with Crippen molar-refractivity contribution in [2.45, 2.75) is 0 Å². The zero-order valence-electron chi connectivity index (χ0n) is 35.1. The SMILES string of the molecule is [B]c1c([B])c([B])c(-c2c([B])c([B])c([B])c(-c3c([B])c([B])c4oc5c([B])c([B])c([B])c([B])c5c4c3-n3c4ccccc4c4cc(-n5c6ccccc6c6ccccc65)ccc43)c2[B])c([B])c1[B]. The van der Waals surface area contributed by atoms with Gasteiger partial charge in [-0.25, -0.2) is 0 Å². The van der Waals surface area contributed by atoms with Gasteiger partial charge in [0.05, 0.1) is 33.1 Å². The van der Waals surface area contributed by atoms with Crippen LogP contribution in [0.3, 0.4) is 0 Å².